The molecular formula is C19H16ClFN2O2. The summed E-state index contributed by atoms with van der Waals surface area (Å²) >= 11 is 6.12. The molecule has 128 valence electrons. The largest absolute Gasteiger partial charge is 0.489 e. The van der Waals surface area contributed by atoms with Crippen LogP contribution in [0.1, 0.15) is 24.2 Å². The summed E-state index contributed by atoms with van der Waals surface area (Å²) < 4.78 is 19.0. The van der Waals surface area contributed by atoms with Crippen molar-refractivity contribution in [1.82, 2.24) is 4.98 Å². The van der Waals surface area contributed by atoms with E-state index in [4.69, 9.17) is 16.3 Å². The number of para-hydroxylation sites is 2. The molecule has 3 aromatic rings. The number of benzene rings is 2. The van der Waals surface area contributed by atoms with Crippen molar-refractivity contribution in [2.75, 3.05) is 5.32 Å². The van der Waals surface area contributed by atoms with E-state index in [1.807, 2.05) is 19.9 Å². The summed E-state index contributed by atoms with van der Waals surface area (Å²) in [5, 5.41) is 3.43. The van der Waals surface area contributed by atoms with E-state index in [0.29, 0.717) is 22.3 Å². The third kappa shape index (κ3) is 3.88. The summed E-state index contributed by atoms with van der Waals surface area (Å²) in [4.78, 5) is 16.7. The minimum absolute atomic E-state index is 0.0119. The number of carbonyl (C=O) groups excluding carboxylic acids is 1. The molecule has 0 radical (unpaired) electrons. The Kier molecular flexibility index (Phi) is 4.86. The van der Waals surface area contributed by atoms with Crippen molar-refractivity contribution in [2.45, 2.75) is 20.0 Å². The zero-order valence-corrected chi connectivity index (χ0v) is 14.5. The first-order chi connectivity index (χ1) is 11.9. The first kappa shape index (κ1) is 17.2. The predicted octanol–water partition coefficient (Wildman–Crippen LogP) is 5.07. The molecule has 4 nitrogen and oxygen atoms in total. The smallest absolute Gasteiger partial charge is 0.258 e. The van der Waals surface area contributed by atoms with E-state index in [9.17, 15) is 9.18 Å². The molecule has 0 unspecified atom stereocenters. The lowest BCUT2D eigenvalue weighted by Gasteiger charge is -2.15. The average Bonchev–Trinajstić information content (AvgIpc) is 2.55. The summed E-state index contributed by atoms with van der Waals surface area (Å²) in [7, 11) is 0. The number of pyridine rings is 1. The van der Waals surface area contributed by atoms with Gasteiger partial charge in [-0.15, -0.1) is 0 Å². The van der Waals surface area contributed by atoms with E-state index in [2.05, 4.69) is 10.3 Å². The van der Waals surface area contributed by atoms with Crippen molar-refractivity contribution < 1.29 is 13.9 Å². The highest BCUT2D eigenvalue weighted by molar-refractivity contribution is 6.33. The van der Waals surface area contributed by atoms with Crippen molar-refractivity contribution in [3.8, 4) is 5.75 Å². The normalized spacial score (nSPS) is 10.9. The van der Waals surface area contributed by atoms with E-state index in [-0.39, 0.29) is 16.8 Å². The summed E-state index contributed by atoms with van der Waals surface area (Å²) in [6.45, 7) is 3.81. The molecule has 0 aliphatic heterocycles. The van der Waals surface area contributed by atoms with Crippen LogP contribution in [0, 0.1) is 5.82 Å². The monoisotopic (exact) mass is 358 g/mol. The van der Waals surface area contributed by atoms with Crippen LogP contribution in [0.3, 0.4) is 0 Å². The summed E-state index contributed by atoms with van der Waals surface area (Å²) in [5.41, 5.74) is 1.14. The van der Waals surface area contributed by atoms with Crippen LogP contribution in [0.25, 0.3) is 10.9 Å². The number of nitrogens with zero attached hydrogens (tertiary/aromatic N) is 1. The molecule has 1 N–H and O–H groups in total. The van der Waals surface area contributed by atoms with Gasteiger partial charge in [-0.05, 0) is 44.2 Å². The van der Waals surface area contributed by atoms with Crippen LogP contribution in [0.4, 0.5) is 10.1 Å². The Morgan fingerprint density at radius 2 is 1.96 bits per heavy atom. The number of anilines is 1. The lowest BCUT2D eigenvalue weighted by Crippen LogP contribution is -2.15. The Morgan fingerprint density at radius 1 is 1.20 bits per heavy atom. The molecule has 0 saturated carbocycles. The van der Waals surface area contributed by atoms with E-state index < -0.39 is 11.7 Å². The third-order valence-corrected chi connectivity index (χ3v) is 3.76. The first-order valence-electron chi connectivity index (χ1n) is 7.77. The lowest BCUT2D eigenvalue weighted by atomic mass is 10.1. The molecule has 0 saturated heterocycles. The van der Waals surface area contributed by atoms with Gasteiger partial charge < -0.3 is 10.1 Å². The Balaban J connectivity index is 1.93. The van der Waals surface area contributed by atoms with E-state index in [1.54, 1.807) is 30.3 Å². The van der Waals surface area contributed by atoms with Crippen LogP contribution in [0.15, 0.2) is 48.5 Å². The number of carbonyl (C=O) groups is 1. The Morgan fingerprint density at radius 3 is 2.72 bits per heavy atom. The van der Waals surface area contributed by atoms with Crippen molar-refractivity contribution in [2.24, 2.45) is 0 Å². The number of amides is 1. The van der Waals surface area contributed by atoms with Crippen molar-refractivity contribution in [1.29, 1.82) is 0 Å². The fourth-order valence-corrected chi connectivity index (χ4v) is 2.62. The number of hydrogen-bond donors (Lipinski definition) is 1. The van der Waals surface area contributed by atoms with Crippen LogP contribution >= 0.6 is 11.6 Å². The average molecular weight is 359 g/mol. The van der Waals surface area contributed by atoms with Gasteiger partial charge in [0.25, 0.3) is 5.91 Å². The third-order valence-electron chi connectivity index (χ3n) is 3.48. The molecule has 0 spiro atoms. The quantitative estimate of drug-likeness (QED) is 0.663. The SMILES string of the molecule is CC(C)Oc1ccccc1NC(=O)c1cc2ccc(F)cc2nc1Cl. The number of hydrogen-bond acceptors (Lipinski definition) is 3. The van der Waals surface area contributed by atoms with Gasteiger partial charge in [-0.1, -0.05) is 23.7 Å². The second-order valence-electron chi connectivity index (χ2n) is 5.78. The molecule has 25 heavy (non-hydrogen) atoms. The van der Waals surface area contributed by atoms with Gasteiger partial charge in [-0.3, -0.25) is 4.79 Å². The molecule has 1 aromatic heterocycles. The fourth-order valence-electron chi connectivity index (χ4n) is 2.39. The molecular weight excluding hydrogens is 343 g/mol. The highest BCUT2D eigenvalue weighted by Gasteiger charge is 2.16. The molecule has 3 rings (SSSR count). The maximum absolute atomic E-state index is 13.3. The molecule has 0 fully saturated rings. The minimum atomic E-state index is -0.413. The number of halogens is 2. The lowest BCUT2D eigenvalue weighted by molar-refractivity contribution is 0.102. The Hall–Kier alpha value is -2.66. The molecule has 1 heterocycles. The van der Waals surface area contributed by atoms with Crippen LogP contribution < -0.4 is 10.1 Å². The van der Waals surface area contributed by atoms with Gasteiger partial charge in [0.1, 0.15) is 16.7 Å². The van der Waals surface area contributed by atoms with Gasteiger partial charge in [0.05, 0.1) is 22.9 Å². The number of aromatic nitrogens is 1. The van der Waals surface area contributed by atoms with Gasteiger partial charge in [-0.2, -0.15) is 0 Å². The van der Waals surface area contributed by atoms with Crippen molar-refractivity contribution >= 4 is 34.1 Å². The Bertz CT molecular complexity index is 944. The van der Waals surface area contributed by atoms with Gasteiger partial charge >= 0.3 is 0 Å². The summed E-state index contributed by atoms with van der Waals surface area (Å²) in [6.07, 6.45) is -0.0288. The number of fused-ring (bicyclic) bond motifs is 1. The van der Waals surface area contributed by atoms with Gasteiger partial charge in [-0.25, -0.2) is 9.37 Å². The Labute approximate surface area is 149 Å². The molecule has 0 atom stereocenters. The van der Waals surface area contributed by atoms with Crippen molar-refractivity contribution in [3.63, 3.8) is 0 Å². The zero-order chi connectivity index (χ0) is 18.0. The molecule has 6 heteroatoms. The highest BCUT2D eigenvalue weighted by atomic mass is 35.5. The van der Waals surface area contributed by atoms with Crippen LogP contribution in [-0.4, -0.2) is 17.0 Å². The second-order valence-corrected chi connectivity index (χ2v) is 6.14. The minimum Gasteiger partial charge on any atom is -0.489 e. The number of nitrogens with one attached hydrogen (secondary N) is 1. The highest BCUT2D eigenvalue weighted by Crippen LogP contribution is 2.27. The molecule has 0 aliphatic carbocycles. The molecule has 0 aliphatic rings. The molecule has 2 aromatic carbocycles. The summed E-state index contributed by atoms with van der Waals surface area (Å²) in [5.74, 6) is -0.255. The fraction of sp³-hybridized carbons (Fsp3) is 0.158. The van der Waals surface area contributed by atoms with Crippen molar-refractivity contribution in [3.05, 3.63) is 65.1 Å². The first-order valence-corrected chi connectivity index (χ1v) is 8.14. The number of rotatable bonds is 4. The van der Waals surface area contributed by atoms with Gasteiger partial charge in [0.15, 0.2) is 0 Å². The van der Waals surface area contributed by atoms with Crippen LogP contribution in [0.5, 0.6) is 5.75 Å². The molecule has 1 amide bonds. The predicted molar refractivity (Wildman–Crippen MR) is 96.9 cm³/mol. The summed E-state index contributed by atoms with van der Waals surface area (Å²) in [6, 6.07) is 12.9. The van der Waals surface area contributed by atoms with Gasteiger partial charge in [0, 0.05) is 11.5 Å². The van der Waals surface area contributed by atoms with Gasteiger partial charge in [0.2, 0.25) is 0 Å². The standard InChI is InChI=1S/C19H16ClFN2O2/c1-11(2)25-17-6-4-3-5-15(17)23-19(24)14-9-12-7-8-13(21)10-16(12)22-18(14)20/h3-11H,1-2H3,(H,23,24). The maximum atomic E-state index is 13.3. The topological polar surface area (TPSA) is 51.2 Å². The van der Waals surface area contributed by atoms with E-state index >= 15 is 0 Å². The van der Waals surface area contributed by atoms with Crippen LogP contribution in [-0.2, 0) is 0 Å². The van der Waals surface area contributed by atoms with Crippen LogP contribution in [0.2, 0.25) is 5.15 Å². The second kappa shape index (κ2) is 7.07. The zero-order valence-electron chi connectivity index (χ0n) is 13.7. The van der Waals surface area contributed by atoms with E-state index in [1.165, 1.54) is 12.1 Å². The maximum Gasteiger partial charge on any atom is 0.258 e. The molecule has 0 bridgehead atoms. The number of ether oxygens (including phenoxy) is 1. The van der Waals surface area contributed by atoms with E-state index in [0.717, 1.165) is 0 Å².